The van der Waals surface area contributed by atoms with Gasteiger partial charge in [0.05, 0.1) is 6.10 Å². The standard InChI is InChI=1S/C15H24N2O2/c1-11(8-12(2)18)10-17-15(19)9-14(16)13-6-4-3-5-7-13/h3-7,11-12,14,18H,8-10,16H2,1-2H3,(H,17,19). The molecule has 4 heteroatoms. The van der Waals surface area contributed by atoms with Gasteiger partial charge in [-0.05, 0) is 24.8 Å². The molecule has 3 atom stereocenters. The minimum Gasteiger partial charge on any atom is -0.393 e. The summed E-state index contributed by atoms with van der Waals surface area (Å²) in [7, 11) is 0. The highest BCUT2D eigenvalue weighted by Gasteiger charge is 2.12. The number of amides is 1. The van der Waals surface area contributed by atoms with Crippen molar-refractivity contribution in [1.29, 1.82) is 0 Å². The minimum atomic E-state index is -0.335. The number of aliphatic hydroxyl groups is 1. The lowest BCUT2D eigenvalue weighted by Gasteiger charge is -2.16. The highest BCUT2D eigenvalue weighted by atomic mass is 16.3. The van der Waals surface area contributed by atoms with E-state index in [4.69, 9.17) is 5.73 Å². The van der Waals surface area contributed by atoms with Crippen LogP contribution in [0.3, 0.4) is 0 Å². The molecule has 1 rings (SSSR count). The molecular formula is C15H24N2O2. The van der Waals surface area contributed by atoms with Gasteiger partial charge in [-0.2, -0.15) is 0 Å². The minimum absolute atomic E-state index is 0.0474. The van der Waals surface area contributed by atoms with Gasteiger partial charge in [0.25, 0.3) is 0 Å². The van der Waals surface area contributed by atoms with E-state index in [1.54, 1.807) is 6.92 Å². The Kier molecular flexibility index (Phi) is 6.53. The van der Waals surface area contributed by atoms with Crippen molar-refractivity contribution in [2.75, 3.05) is 6.54 Å². The second kappa shape index (κ2) is 7.92. The largest absolute Gasteiger partial charge is 0.393 e. The molecule has 0 saturated heterocycles. The van der Waals surface area contributed by atoms with Gasteiger partial charge in [0, 0.05) is 19.0 Å². The maximum atomic E-state index is 11.8. The van der Waals surface area contributed by atoms with Crippen LogP contribution in [0.2, 0.25) is 0 Å². The predicted octanol–water partition coefficient (Wildman–Crippen LogP) is 1.60. The first-order valence-electron chi connectivity index (χ1n) is 6.74. The molecule has 0 aliphatic rings. The number of aliphatic hydroxyl groups excluding tert-OH is 1. The summed E-state index contributed by atoms with van der Waals surface area (Å²) < 4.78 is 0. The van der Waals surface area contributed by atoms with Gasteiger partial charge in [0.1, 0.15) is 0 Å². The summed E-state index contributed by atoms with van der Waals surface area (Å²) >= 11 is 0. The lowest BCUT2D eigenvalue weighted by Crippen LogP contribution is -2.31. The molecule has 0 bridgehead atoms. The van der Waals surface area contributed by atoms with E-state index in [-0.39, 0.29) is 30.4 Å². The van der Waals surface area contributed by atoms with Gasteiger partial charge in [-0.1, -0.05) is 37.3 Å². The maximum absolute atomic E-state index is 11.8. The Labute approximate surface area is 115 Å². The first-order valence-corrected chi connectivity index (χ1v) is 6.74. The smallest absolute Gasteiger partial charge is 0.221 e. The Morgan fingerprint density at radius 2 is 1.95 bits per heavy atom. The molecule has 0 heterocycles. The second-order valence-corrected chi connectivity index (χ2v) is 5.22. The highest BCUT2D eigenvalue weighted by Crippen LogP contribution is 2.13. The number of carbonyl (C=O) groups excluding carboxylic acids is 1. The number of hydrogen-bond acceptors (Lipinski definition) is 3. The fourth-order valence-electron chi connectivity index (χ4n) is 2.04. The molecule has 1 aromatic rings. The Morgan fingerprint density at radius 3 is 2.53 bits per heavy atom. The molecule has 0 spiro atoms. The molecule has 4 N–H and O–H groups in total. The first-order chi connectivity index (χ1) is 8.99. The second-order valence-electron chi connectivity index (χ2n) is 5.22. The summed E-state index contributed by atoms with van der Waals surface area (Å²) in [6.45, 7) is 4.33. The molecule has 0 saturated carbocycles. The molecule has 1 amide bonds. The van der Waals surface area contributed by atoms with Gasteiger partial charge in [0.15, 0.2) is 0 Å². The van der Waals surface area contributed by atoms with Crippen LogP contribution in [0.15, 0.2) is 30.3 Å². The van der Waals surface area contributed by atoms with Crippen LogP contribution < -0.4 is 11.1 Å². The molecule has 0 radical (unpaired) electrons. The van der Waals surface area contributed by atoms with Gasteiger partial charge >= 0.3 is 0 Å². The van der Waals surface area contributed by atoms with Crippen molar-refractivity contribution in [2.24, 2.45) is 11.7 Å². The first kappa shape index (κ1) is 15.7. The molecule has 0 fully saturated rings. The molecule has 0 aromatic heterocycles. The average molecular weight is 264 g/mol. The highest BCUT2D eigenvalue weighted by molar-refractivity contribution is 5.76. The van der Waals surface area contributed by atoms with Crippen molar-refractivity contribution in [1.82, 2.24) is 5.32 Å². The van der Waals surface area contributed by atoms with Crippen molar-refractivity contribution < 1.29 is 9.90 Å². The number of nitrogens with one attached hydrogen (secondary N) is 1. The summed E-state index contributed by atoms with van der Waals surface area (Å²) in [4.78, 5) is 11.8. The van der Waals surface area contributed by atoms with Gasteiger partial charge < -0.3 is 16.2 Å². The molecule has 0 aliphatic heterocycles. The molecule has 4 nitrogen and oxygen atoms in total. The van der Waals surface area contributed by atoms with E-state index in [0.29, 0.717) is 13.0 Å². The fourth-order valence-corrected chi connectivity index (χ4v) is 2.04. The van der Waals surface area contributed by atoms with Gasteiger partial charge in [-0.15, -0.1) is 0 Å². The summed E-state index contributed by atoms with van der Waals surface area (Å²) in [5, 5.41) is 12.1. The van der Waals surface area contributed by atoms with Crippen LogP contribution in [0.4, 0.5) is 0 Å². The summed E-state index contributed by atoms with van der Waals surface area (Å²) in [5.41, 5.74) is 6.95. The Balaban J connectivity index is 2.31. The third-order valence-corrected chi connectivity index (χ3v) is 3.02. The van der Waals surface area contributed by atoms with Crippen molar-refractivity contribution in [2.45, 2.75) is 38.8 Å². The van der Waals surface area contributed by atoms with Crippen molar-refractivity contribution >= 4 is 5.91 Å². The predicted molar refractivity (Wildman–Crippen MR) is 76.5 cm³/mol. The zero-order valence-corrected chi connectivity index (χ0v) is 11.7. The number of benzene rings is 1. The van der Waals surface area contributed by atoms with E-state index < -0.39 is 0 Å². The quantitative estimate of drug-likeness (QED) is 0.700. The van der Waals surface area contributed by atoms with E-state index in [9.17, 15) is 9.90 Å². The van der Waals surface area contributed by atoms with Gasteiger partial charge in [-0.25, -0.2) is 0 Å². The summed E-state index contributed by atoms with van der Waals surface area (Å²) in [6, 6.07) is 9.33. The molecule has 19 heavy (non-hydrogen) atoms. The van der Waals surface area contributed by atoms with Crippen molar-refractivity contribution in [3.05, 3.63) is 35.9 Å². The van der Waals surface area contributed by atoms with Gasteiger partial charge in [-0.3, -0.25) is 4.79 Å². The number of carbonyl (C=O) groups is 1. The number of hydrogen-bond donors (Lipinski definition) is 3. The van der Waals surface area contributed by atoms with Gasteiger partial charge in [0.2, 0.25) is 5.91 Å². The number of nitrogens with two attached hydrogens (primary N) is 1. The normalized spacial score (nSPS) is 15.6. The monoisotopic (exact) mass is 264 g/mol. The van der Waals surface area contributed by atoms with Crippen LogP contribution >= 0.6 is 0 Å². The van der Waals surface area contributed by atoms with Crippen molar-refractivity contribution in [3.8, 4) is 0 Å². The average Bonchev–Trinajstić information content (AvgIpc) is 2.36. The topological polar surface area (TPSA) is 75.3 Å². The third-order valence-electron chi connectivity index (χ3n) is 3.02. The third kappa shape index (κ3) is 6.36. The molecule has 0 aliphatic carbocycles. The van der Waals surface area contributed by atoms with E-state index >= 15 is 0 Å². The van der Waals surface area contributed by atoms with E-state index in [0.717, 1.165) is 5.56 Å². The SMILES string of the molecule is CC(O)CC(C)CNC(=O)CC(N)c1ccccc1. The zero-order valence-electron chi connectivity index (χ0n) is 11.7. The number of rotatable bonds is 7. The lowest BCUT2D eigenvalue weighted by atomic mass is 10.0. The van der Waals surface area contributed by atoms with Crippen LogP contribution in [0.1, 0.15) is 38.3 Å². The van der Waals surface area contributed by atoms with Crippen LogP contribution in [-0.2, 0) is 4.79 Å². The maximum Gasteiger partial charge on any atom is 0.221 e. The van der Waals surface area contributed by atoms with Crippen LogP contribution in [0.25, 0.3) is 0 Å². The molecule has 106 valence electrons. The van der Waals surface area contributed by atoms with Crippen molar-refractivity contribution in [3.63, 3.8) is 0 Å². The van der Waals surface area contributed by atoms with E-state index in [1.807, 2.05) is 37.3 Å². The molecular weight excluding hydrogens is 240 g/mol. The summed E-state index contributed by atoms with van der Waals surface area (Å²) in [6.07, 6.45) is 0.634. The van der Waals surface area contributed by atoms with E-state index in [2.05, 4.69) is 5.32 Å². The Morgan fingerprint density at radius 1 is 1.32 bits per heavy atom. The lowest BCUT2D eigenvalue weighted by molar-refractivity contribution is -0.121. The van der Waals surface area contributed by atoms with E-state index in [1.165, 1.54) is 0 Å². The Hall–Kier alpha value is -1.39. The van der Waals surface area contributed by atoms with Crippen LogP contribution in [0, 0.1) is 5.92 Å². The fraction of sp³-hybridized carbons (Fsp3) is 0.533. The van der Waals surface area contributed by atoms with Crippen LogP contribution in [0.5, 0.6) is 0 Å². The molecule has 3 unspecified atom stereocenters. The zero-order chi connectivity index (χ0) is 14.3. The molecule has 1 aromatic carbocycles. The Bertz CT molecular complexity index is 379. The summed E-state index contributed by atoms with van der Waals surface area (Å²) in [5.74, 6) is 0.214. The van der Waals surface area contributed by atoms with Crippen LogP contribution in [-0.4, -0.2) is 23.7 Å².